The van der Waals surface area contributed by atoms with Crippen LogP contribution in [0.25, 0.3) is 5.69 Å². The molecule has 0 spiro atoms. The zero-order valence-electron chi connectivity index (χ0n) is 12.0. The van der Waals surface area contributed by atoms with Crippen molar-refractivity contribution in [3.8, 4) is 5.69 Å². The lowest BCUT2D eigenvalue weighted by Gasteiger charge is -2.05. The summed E-state index contributed by atoms with van der Waals surface area (Å²) in [4.78, 5) is 15.5. The normalized spacial score (nSPS) is 11.6. The van der Waals surface area contributed by atoms with Crippen LogP contribution >= 0.6 is 0 Å². The molecule has 1 aromatic heterocycles. The first-order valence-corrected chi connectivity index (χ1v) is 6.83. The van der Waals surface area contributed by atoms with Gasteiger partial charge in [-0.05, 0) is 31.5 Å². The van der Waals surface area contributed by atoms with Crippen molar-refractivity contribution >= 4 is 5.97 Å². The summed E-state index contributed by atoms with van der Waals surface area (Å²) >= 11 is 0. The number of carboxylic acid groups (broad SMARTS) is 1. The highest BCUT2D eigenvalue weighted by molar-refractivity contribution is 5.86. The molecule has 0 aliphatic heterocycles. The van der Waals surface area contributed by atoms with Crippen molar-refractivity contribution in [2.45, 2.75) is 19.8 Å². The zero-order chi connectivity index (χ0) is 15.2. The van der Waals surface area contributed by atoms with Crippen LogP contribution in [-0.4, -0.2) is 27.2 Å². The Morgan fingerprint density at radius 2 is 2.19 bits per heavy atom. The summed E-state index contributed by atoms with van der Waals surface area (Å²) in [6, 6.07) is 7.97. The molecule has 0 aliphatic carbocycles. The SMILES string of the molecule is Cc1ccccc1-n1cnc(C/C(=C/CCN)C(=O)O)c1. The van der Waals surface area contributed by atoms with E-state index in [-0.39, 0.29) is 0 Å². The van der Waals surface area contributed by atoms with Gasteiger partial charge in [-0.3, -0.25) is 0 Å². The number of aromatic nitrogens is 2. The highest BCUT2D eigenvalue weighted by Gasteiger charge is 2.10. The summed E-state index contributed by atoms with van der Waals surface area (Å²) in [7, 11) is 0. The Hall–Kier alpha value is -2.40. The quantitative estimate of drug-likeness (QED) is 0.796. The third-order valence-electron chi connectivity index (χ3n) is 3.23. The second-order valence-corrected chi connectivity index (χ2v) is 4.85. The fraction of sp³-hybridized carbons (Fsp3) is 0.250. The summed E-state index contributed by atoms with van der Waals surface area (Å²) in [5.74, 6) is -0.922. The lowest BCUT2D eigenvalue weighted by Crippen LogP contribution is -2.06. The van der Waals surface area contributed by atoms with Crippen LogP contribution in [0.1, 0.15) is 17.7 Å². The molecular weight excluding hydrogens is 266 g/mol. The first-order valence-electron chi connectivity index (χ1n) is 6.83. The molecule has 110 valence electrons. The number of aliphatic carboxylic acids is 1. The summed E-state index contributed by atoms with van der Waals surface area (Å²) < 4.78 is 1.91. The van der Waals surface area contributed by atoms with Crippen molar-refractivity contribution in [1.82, 2.24) is 9.55 Å². The van der Waals surface area contributed by atoms with E-state index in [9.17, 15) is 9.90 Å². The predicted molar refractivity (Wildman–Crippen MR) is 81.4 cm³/mol. The Kier molecular flexibility index (Phi) is 4.90. The maximum absolute atomic E-state index is 11.2. The van der Waals surface area contributed by atoms with Crippen LogP contribution in [0.4, 0.5) is 0 Å². The molecule has 2 aromatic rings. The van der Waals surface area contributed by atoms with Gasteiger partial charge in [-0.25, -0.2) is 9.78 Å². The number of carboxylic acids is 1. The highest BCUT2D eigenvalue weighted by atomic mass is 16.4. The van der Waals surface area contributed by atoms with E-state index in [4.69, 9.17) is 5.73 Å². The molecule has 1 aromatic carbocycles. The molecule has 2 rings (SSSR count). The molecule has 0 saturated carbocycles. The van der Waals surface area contributed by atoms with Gasteiger partial charge in [0, 0.05) is 23.9 Å². The van der Waals surface area contributed by atoms with E-state index in [2.05, 4.69) is 4.98 Å². The summed E-state index contributed by atoms with van der Waals surface area (Å²) in [5, 5.41) is 9.19. The Balaban J connectivity index is 2.20. The van der Waals surface area contributed by atoms with Crippen LogP contribution in [0.5, 0.6) is 0 Å². The van der Waals surface area contributed by atoms with Gasteiger partial charge >= 0.3 is 5.97 Å². The van der Waals surface area contributed by atoms with Crippen molar-refractivity contribution in [2.24, 2.45) is 5.73 Å². The topological polar surface area (TPSA) is 81.1 Å². The van der Waals surface area contributed by atoms with E-state index in [0.29, 0.717) is 25.0 Å². The van der Waals surface area contributed by atoms with Crippen LogP contribution in [-0.2, 0) is 11.2 Å². The van der Waals surface area contributed by atoms with Crippen LogP contribution in [0.2, 0.25) is 0 Å². The third kappa shape index (κ3) is 3.79. The number of para-hydroxylation sites is 1. The summed E-state index contributed by atoms with van der Waals surface area (Å²) in [6.07, 6.45) is 6.09. The van der Waals surface area contributed by atoms with Gasteiger partial charge in [0.25, 0.3) is 0 Å². The van der Waals surface area contributed by atoms with Gasteiger partial charge < -0.3 is 15.4 Å². The van der Waals surface area contributed by atoms with Crippen molar-refractivity contribution in [2.75, 3.05) is 6.54 Å². The fourth-order valence-electron chi connectivity index (χ4n) is 2.13. The lowest BCUT2D eigenvalue weighted by molar-refractivity contribution is -0.132. The molecule has 5 heteroatoms. The lowest BCUT2D eigenvalue weighted by atomic mass is 10.1. The van der Waals surface area contributed by atoms with Crippen molar-refractivity contribution < 1.29 is 9.90 Å². The number of aryl methyl sites for hydroxylation is 1. The monoisotopic (exact) mass is 285 g/mol. The minimum Gasteiger partial charge on any atom is -0.478 e. The van der Waals surface area contributed by atoms with Crippen molar-refractivity contribution in [3.63, 3.8) is 0 Å². The van der Waals surface area contributed by atoms with Gasteiger partial charge in [-0.1, -0.05) is 24.3 Å². The Labute approximate surface area is 123 Å². The molecule has 0 bridgehead atoms. The number of nitrogens with two attached hydrogens (primary N) is 1. The van der Waals surface area contributed by atoms with E-state index in [0.717, 1.165) is 16.9 Å². The maximum Gasteiger partial charge on any atom is 0.331 e. The van der Waals surface area contributed by atoms with Crippen molar-refractivity contribution in [1.29, 1.82) is 0 Å². The molecule has 0 amide bonds. The number of hydrogen-bond acceptors (Lipinski definition) is 3. The molecule has 0 aliphatic rings. The van der Waals surface area contributed by atoms with E-state index in [1.807, 2.05) is 42.0 Å². The largest absolute Gasteiger partial charge is 0.478 e. The Morgan fingerprint density at radius 1 is 1.43 bits per heavy atom. The van der Waals surface area contributed by atoms with E-state index < -0.39 is 5.97 Å². The molecule has 0 fully saturated rings. The van der Waals surface area contributed by atoms with Gasteiger partial charge in [-0.2, -0.15) is 0 Å². The number of hydrogen-bond donors (Lipinski definition) is 2. The van der Waals surface area contributed by atoms with Crippen LogP contribution in [0.3, 0.4) is 0 Å². The van der Waals surface area contributed by atoms with Crippen LogP contribution in [0, 0.1) is 6.92 Å². The third-order valence-corrected chi connectivity index (χ3v) is 3.23. The van der Waals surface area contributed by atoms with Crippen molar-refractivity contribution in [3.05, 3.63) is 59.7 Å². The number of benzene rings is 1. The van der Waals surface area contributed by atoms with Gasteiger partial charge in [0.05, 0.1) is 12.0 Å². The highest BCUT2D eigenvalue weighted by Crippen LogP contribution is 2.15. The van der Waals surface area contributed by atoms with E-state index in [1.165, 1.54) is 0 Å². The minimum absolute atomic E-state index is 0.300. The standard InChI is InChI=1S/C16H19N3O2/c1-12-5-2-3-7-15(12)19-10-14(18-11-19)9-13(16(20)21)6-4-8-17/h2-3,5-7,10-11H,4,8-9,17H2,1H3,(H,20,21)/b13-6-. The minimum atomic E-state index is -0.922. The second-order valence-electron chi connectivity index (χ2n) is 4.85. The first-order chi connectivity index (χ1) is 10.1. The molecule has 21 heavy (non-hydrogen) atoms. The van der Waals surface area contributed by atoms with Gasteiger partial charge in [-0.15, -0.1) is 0 Å². The van der Waals surface area contributed by atoms with Gasteiger partial charge in [0.1, 0.15) is 0 Å². The summed E-state index contributed by atoms with van der Waals surface area (Å²) in [6.45, 7) is 2.47. The van der Waals surface area contributed by atoms with Crippen LogP contribution in [0.15, 0.2) is 48.4 Å². The number of carbonyl (C=O) groups is 1. The number of rotatable bonds is 6. The Morgan fingerprint density at radius 3 is 2.86 bits per heavy atom. The number of nitrogens with zero attached hydrogens (tertiary/aromatic N) is 2. The molecule has 0 unspecified atom stereocenters. The van der Waals surface area contributed by atoms with Gasteiger partial charge in [0.2, 0.25) is 0 Å². The average Bonchev–Trinajstić information content (AvgIpc) is 2.92. The first kappa shape index (κ1) is 15.0. The molecule has 5 nitrogen and oxygen atoms in total. The molecule has 1 heterocycles. The average molecular weight is 285 g/mol. The molecule has 0 saturated heterocycles. The maximum atomic E-state index is 11.2. The smallest absolute Gasteiger partial charge is 0.331 e. The predicted octanol–water partition coefficient (Wildman–Crippen LogP) is 2.08. The molecule has 0 atom stereocenters. The van der Waals surface area contributed by atoms with Crippen LogP contribution < -0.4 is 5.73 Å². The molecular formula is C16H19N3O2. The molecule has 0 radical (unpaired) electrons. The van der Waals surface area contributed by atoms with E-state index >= 15 is 0 Å². The molecule has 3 N–H and O–H groups in total. The Bertz CT molecular complexity index is 659. The summed E-state index contributed by atoms with van der Waals surface area (Å²) in [5.41, 5.74) is 8.64. The van der Waals surface area contributed by atoms with E-state index in [1.54, 1.807) is 12.4 Å². The number of imidazole rings is 1. The fourth-order valence-corrected chi connectivity index (χ4v) is 2.13. The van der Waals surface area contributed by atoms with Gasteiger partial charge in [0.15, 0.2) is 0 Å². The second kappa shape index (κ2) is 6.85. The zero-order valence-corrected chi connectivity index (χ0v) is 12.0.